The molecule has 1 aromatic heterocycles. The van der Waals surface area contributed by atoms with E-state index < -0.39 is 12.5 Å². The number of nitrogens with one attached hydrogen (secondary N) is 2. The first-order valence-corrected chi connectivity index (χ1v) is 7.58. The van der Waals surface area contributed by atoms with Crippen LogP contribution in [0.4, 0.5) is 23.7 Å². The summed E-state index contributed by atoms with van der Waals surface area (Å²) in [5.41, 5.74) is 1.78. The van der Waals surface area contributed by atoms with Crippen LogP contribution in [0.1, 0.15) is 0 Å². The molecule has 0 unspecified atom stereocenters. The van der Waals surface area contributed by atoms with Crippen molar-refractivity contribution in [2.24, 2.45) is 0 Å². The first-order valence-electron chi connectivity index (χ1n) is 7.58. The summed E-state index contributed by atoms with van der Waals surface area (Å²) in [6.07, 6.45) is -5.32. The molecule has 1 amide bonds. The van der Waals surface area contributed by atoms with Crippen LogP contribution in [0.25, 0.3) is 22.8 Å². The molecule has 3 rings (SSSR count). The highest BCUT2D eigenvalue weighted by molar-refractivity contribution is 5.84. The largest absolute Gasteiger partial charge is 0.573 e. The Morgan fingerprint density at radius 1 is 1.04 bits per heavy atom. The Bertz CT molecular complexity index is 922. The summed E-state index contributed by atoms with van der Waals surface area (Å²) in [5.74, 6) is 0.460. The van der Waals surface area contributed by atoms with Crippen molar-refractivity contribution in [3.05, 3.63) is 48.5 Å². The molecule has 0 aliphatic carbocycles. The molecule has 0 fully saturated rings. The zero-order valence-corrected chi connectivity index (χ0v) is 13.9. The van der Waals surface area contributed by atoms with E-state index in [-0.39, 0.29) is 5.75 Å². The fourth-order valence-corrected chi connectivity index (χ4v) is 2.21. The number of hydrogen-bond acceptors (Lipinski definition) is 5. The molecule has 0 saturated heterocycles. The van der Waals surface area contributed by atoms with E-state index in [1.54, 1.807) is 24.3 Å². The molecule has 0 bridgehead atoms. The average Bonchev–Trinajstić information content (AvgIpc) is 3.11. The lowest BCUT2D eigenvalue weighted by molar-refractivity contribution is -0.274. The van der Waals surface area contributed by atoms with Gasteiger partial charge in [0.05, 0.1) is 7.11 Å². The summed E-state index contributed by atoms with van der Waals surface area (Å²) >= 11 is 0. The Balaban J connectivity index is 1.73. The fraction of sp³-hybridized carbons (Fsp3) is 0.118. The van der Waals surface area contributed by atoms with E-state index >= 15 is 0 Å². The number of aromatic amines is 1. The van der Waals surface area contributed by atoms with E-state index in [1.807, 2.05) is 0 Å². The molecule has 0 radical (unpaired) electrons. The third kappa shape index (κ3) is 4.75. The number of carbonyl (C=O) groups excluding carboxylic acids is 1. The van der Waals surface area contributed by atoms with Gasteiger partial charge < -0.3 is 9.47 Å². The number of alkyl halides is 3. The molecule has 3 aromatic rings. The van der Waals surface area contributed by atoms with Crippen molar-refractivity contribution < 1.29 is 27.4 Å². The van der Waals surface area contributed by atoms with Crippen molar-refractivity contribution in [3.8, 4) is 28.5 Å². The van der Waals surface area contributed by atoms with Gasteiger partial charge in [-0.3, -0.25) is 10.4 Å². The third-order valence-electron chi connectivity index (χ3n) is 3.42. The molecule has 0 aliphatic heterocycles. The standard InChI is InChI=1S/C17H13F3N4O3/c1-26-16(25)21-12-6-2-10(3-7-12)14-22-15(24-23-14)11-4-8-13(9-5-11)27-17(18,19)20/h2-9H,1H3,(H,21,25)(H,22,23,24). The number of H-pyrrole nitrogens is 1. The van der Waals surface area contributed by atoms with Gasteiger partial charge in [-0.15, -0.1) is 13.2 Å². The minimum absolute atomic E-state index is 0.320. The predicted octanol–water partition coefficient (Wildman–Crippen LogP) is 4.22. The number of carbonyl (C=O) groups is 1. The number of anilines is 1. The van der Waals surface area contributed by atoms with Crippen LogP contribution in [-0.4, -0.2) is 34.7 Å². The number of amides is 1. The molecule has 140 valence electrons. The predicted molar refractivity (Wildman–Crippen MR) is 90.0 cm³/mol. The van der Waals surface area contributed by atoms with Gasteiger partial charge in [0, 0.05) is 16.8 Å². The van der Waals surface area contributed by atoms with Crippen LogP contribution in [0.3, 0.4) is 0 Å². The van der Waals surface area contributed by atoms with Crippen molar-refractivity contribution in [3.63, 3.8) is 0 Å². The minimum atomic E-state index is -4.74. The average molecular weight is 378 g/mol. The lowest BCUT2D eigenvalue weighted by atomic mass is 10.2. The quantitative estimate of drug-likeness (QED) is 0.710. The molecular formula is C17H13F3N4O3. The van der Waals surface area contributed by atoms with Gasteiger partial charge in [-0.2, -0.15) is 5.10 Å². The van der Waals surface area contributed by atoms with E-state index in [0.29, 0.717) is 28.5 Å². The number of rotatable bonds is 4. The topological polar surface area (TPSA) is 89.1 Å². The van der Waals surface area contributed by atoms with E-state index in [1.165, 1.54) is 31.4 Å². The van der Waals surface area contributed by atoms with Gasteiger partial charge >= 0.3 is 12.5 Å². The Hall–Kier alpha value is -3.56. The lowest BCUT2D eigenvalue weighted by Crippen LogP contribution is -2.16. The highest BCUT2D eigenvalue weighted by Gasteiger charge is 2.31. The third-order valence-corrected chi connectivity index (χ3v) is 3.42. The molecule has 10 heteroatoms. The van der Waals surface area contributed by atoms with E-state index in [0.717, 1.165) is 0 Å². The Labute approximate surface area is 151 Å². The van der Waals surface area contributed by atoms with Crippen molar-refractivity contribution in [2.45, 2.75) is 6.36 Å². The van der Waals surface area contributed by atoms with Crippen molar-refractivity contribution in [1.82, 2.24) is 15.2 Å². The van der Waals surface area contributed by atoms with Gasteiger partial charge in [0.15, 0.2) is 11.6 Å². The van der Waals surface area contributed by atoms with Crippen LogP contribution in [0.5, 0.6) is 5.75 Å². The second-order valence-corrected chi connectivity index (χ2v) is 5.27. The number of halogens is 3. The second-order valence-electron chi connectivity index (χ2n) is 5.27. The van der Waals surface area contributed by atoms with Crippen molar-refractivity contribution in [1.29, 1.82) is 0 Å². The van der Waals surface area contributed by atoms with Crippen LogP contribution in [0.2, 0.25) is 0 Å². The molecule has 2 N–H and O–H groups in total. The molecular weight excluding hydrogens is 365 g/mol. The Kier molecular flexibility index (Phi) is 4.97. The molecule has 1 heterocycles. The zero-order chi connectivity index (χ0) is 19.4. The number of hydrogen-bond donors (Lipinski definition) is 2. The maximum Gasteiger partial charge on any atom is 0.573 e. The minimum Gasteiger partial charge on any atom is -0.453 e. The maximum atomic E-state index is 12.2. The molecule has 0 spiro atoms. The van der Waals surface area contributed by atoms with Gasteiger partial charge in [0.25, 0.3) is 0 Å². The van der Waals surface area contributed by atoms with Crippen molar-refractivity contribution in [2.75, 3.05) is 12.4 Å². The fourth-order valence-electron chi connectivity index (χ4n) is 2.21. The summed E-state index contributed by atoms with van der Waals surface area (Å²) in [6, 6.07) is 12.0. The molecule has 0 saturated carbocycles. The van der Waals surface area contributed by atoms with E-state index in [4.69, 9.17) is 0 Å². The Morgan fingerprint density at radius 3 is 2.26 bits per heavy atom. The summed E-state index contributed by atoms with van der Waals surface area (Å²) in [7, 11) is 1.27. The van der Waals surface area contributed by atoms with E-state index in [2.05, 4.69) is 30.0 Å². The highest BCUT2D eigenvalue weighted by Crippen LogP contribution is 2.26. The summed E-state index contributed by atoms with van der Waals surface area (Å²) in [4.78, 5) is 15.5. The van der Waals surface area contributed by atoms with Crippen LogP contribution >= 0.6 is 0 Å². The normalized spacial score (nSPS) is 11.1. The van der Waals surface area contributed by atoms with Crippen LogP contribution < -0.4 is 10.1 Å². The molecule has 2 aromatic carbocycles. The monoisotopic (exact) mass is 378 g/mol. The number of aromatic nitrogens is 3. The van der Waals surface area contributed by atoms with Gasteiger partial charge in [-0.25, -0.2) is 9.78 Å². The molecule has 27 heavy (non-hydrogen) atoms. The SMILES string of the molecule is COC(=O)Nc1ccc(-c2nc(-c3ccc(OC(F)(F)F)cc3)n[nH]2)cc1. The smallest absolute Gasteiger partial charge is 0.453 e. The van der Waals surface area contributed by atoms with Gasteiger partial charge in [0.2, 0.25) is 0 Å². The maximum absolute atomic E-state index is 12.2. The first kappa shape index (κ1) is 18.2. The number of benzene rings is 2. The van der Waals surface area contributed by atoms with Gasteiger partial charge in [0.1, 0.15) is 5.75 Å². The number of methoxy groups -OCH3 is 1. The summed E-state index contributed by atoms with van der Waals surface area (Å²) in [5, 5.41) is 9.35. The highest BCUT2D eigenvalue weighted by atomic mass is 19.4. The van der Waals surface area contributed by atoms with Crippen LogP contribution in [0.15, 0.2) is 48.5 Å². The number of ether oxygens (including phenoxy) is 2. The first-order chi connectivity index (χ1) is 12.8. The second kappa shape index (κ2) is 7.36. The summed E-state index contributed by atoms with van der Waals surface area (Å²) in [6.45, 7) is 0. The summed E-state index contributed by atoms with van der Waals surface area (Å²) < 4.78 is 44.9. The van der Waals surface area contributed by atoms with Crippen molar-refractivity contribution >= 4 is 11.8 Å². The van der Waals surface area contributed by atoms with Crippen LogP contribution in [-0.2, 0) is 4.74 Å². The lowest BCUT2D eigenvalue weighted by Gasteiger charge is -2.08. The zero-order valence-electron chi connectivity index (χ0n) is 13.9. The number of nitrogens with zero attached hydrogens (tertiary/aromatic N) is 2. The van der Waals surface area contributed by atoms with Gasteiger partial charge in [-0.05, 0) is 48.5 Å². The molecule has 0 aliphatic rings. The van der Waals surface area contributed by atoms with Crippen LogP contribution in [0, 0.1) is 0 Å². The van der Waals surface area contributed by atoms with Gasteiger partial charge in [-0.1, -0.05) is 0 Å². The molecule has 7 nitrogen and oxygen atoms in total. The Morgan fingerprint density at radius 2 is 1.67 bits per heavy atom. The van der Waals surface area contributed by atoms with E-state index in [9.17, 15) is 18.0 Å². The molecule has 0 atom stereocenters.